The number of hydrogen-bond acceptors (Lipinski definition) is 3. The van der Waals surface area contributed by atoms with Gasteiger partial charge in [0.1, 0.15) is 0 Å². The molecule has 11 aromatic carbocycles. The standard InChI is InChI=1S/C22H16BrN.C16H13N.C10H7Br.C6H4Br2.C6H7N/c23-19-11-14-21(15-12-19)24(20-8-2-1-3-9-20)22-13-10-17-6-4-5-7-18(17)16-22;1-2-8-15(9-3-1)17-16-11-10-13-6-4-5-7-14(13)12-16;11-10-6-5-8-3-1-2-4-9(8)7-10;7-5-1-2-6(8)4-3-5;7-6-4-2-1-3-5-6/h1-16H;1-12,17H;1-7H;1-4H;1-5H,7H2. The maximum absolute atomic E-state index is 5.36. The van der Waals surface area contributed by atoms with Crippen molar-refractivity contribution in [2.24, 2.45) is 0 Å². The van der Waals surface area contributed by atoms with E-state index in [2.05, 4.69) is 262 Å². The zero-order valence-corrected chi connectivity index (χ0v) is 42.8. The molecule has 0 amide bonds. The molecule has 67 heavy (non-hydrogen) atoms. The minimum absolute atomic E-state index is 0.822. The Balaban J connectivity index is 0.000000135. The molecule has 0 aliphatic heterocycles. The van der Waals surface area contributed by atoms with Crippen molar-refractivity contribution in [2.75, 3.05) is 16.0 Å². The first-order chi connectivity index (χ1) is 32.8. The molecule has 330 valence electrons. The molecule has 0 radical (unpaired) electrons. The van der Waals surface area contributed by atoms with Crippen LogP contribution < -0.4 is 16.0 Å². The lowest BCUT2D eigenvalue weighted by atomic mass is 10.1. The summed E-state index contributed by atoms with van der Waals surface area (Å²) in [6, 6.07) is 91.0. The summed E-state index contributed by atoms with van der Waals surface area (Å²) in [4.78, 5) is 2.28. The molecule has 11 rings (SSSR count). The molecular weight excluding hydrogens is 1080 g/mol. The average Bonchev–Trinajstić information content (AvgIpc) is 3.37. The van der Waals surface area contributed by atoms with Gasteiger partial charge in [0.25, 0.3) is 0 Å². The number of nitrogen functional groups attached to an aromatic ring is 1. The largest absolute Gasteiger partial charge is 0.399 e. The van der Waals surface area contributed by atoms with E-state index in [-0.39, 0.29) is 0 Å². The van der Waals surface area contributed by atoms with E-state index in [1.54, 1.807) is 0 Å². The summed E-state index contributed by atoms with van der Waals surface area (Å²) in [5, 5.41) is 11.0. The zero-order chi connectivity index (χ0) is 46.6. The van der Waals surface area contributed by atoms with Crippen molar-refractivity contribution in [3.63, 3.8) is 0 Å². The van der Waals surface area contributed by atoms with Gasteiger partial charge in [-0.1, -0.05) is 209 Å². The number of nitrogens with two attached hydrogens (primary N) is 1. The summed E-state index contributed by atoms with van der Waals surface area (Å²) >= 11 is 13.6. The summed E-state index contributed by atoms with van der Waals surface area (Å²) in [6.45, 7) is 0. The lowest BCUT2D eigenvalue weighted by molar-refractivity contribution is 1.29. The van der Waals surface area contributed by atoms with Gasteiger partial charge in [-0.05, 0) is 154 Å². The molecule has 0 aromatic heterocycles. The van der Waals surface area contributed by atoms with Crippen molar-refractivity contribution < 1.29 is 0 Å². The summed E-state index contributed by atoms with van der Waals surface area (Å²) in [5.74, 6) is 0. The molecule has 0 atom stereocenters. The number of benzene rings is 11. The predicted molar refractivity (Wildman–Crippen MR) is 304 cm³/mol. The first-order valence-electron chi connectivity index (χ1n) is 21.5. The molecule has 7 heteroatoms. The van der Waals surface area contributed by atoms with Gasteiger partial charge in [0.15, 0.2) is 0 Å². The first-order valence-corrected chi connectivity index (χ1v) is 24.7. The third-order valence-corrected chi connectivity index (χ3v) is 12.3. The van der Waals surface area contributed by atoms with Gasteiger partial charge < -0.3 is 16.0 Å². The van der Waals surface area contributed by atoms with Gasteiger partial charge in [-0.25, -0.2) is 0 Å². The quantitative estimate of drug-likeness (QED) is 0.169. The summed E-state index contributed by atoms with van der Waals surface area (Å²) in [6.07, 6.45) is 0. The SMILES string of the molecule is Brc1ccc(Br)cc1.Brc1ccc(N(c2ccccc2)c2ccc3ccccc3c2)cc1.Brc1ccc2ccccc2c1.Nc1ccccc1.c1ccc(Nc2ccc3ccccc3c2)cc1. The number of rotatable bonds is 5. The number of nitrogens with zero attached hydrogens (tertiary/aromatic N) is 1. The van der Waals surface area contributed by atoms with Crippen LogP contribution in [0.5, 0.6) is 0 Å². The van der Waals surface area contributed by atoms with Crippen molar-refractivity contribution in [1.82, 2.24) is 0 Å². The smallest absolute Gasteiger partial charge is 0.0468 e. The Morgan fingerprint density at radius 3 is 1.13 bits per heavy atom. The van der Waals surface area contributed by atoms with Crippen LogP contribution in [0.4, 0.5) is 34.1 Å². The van der Waals surface area contributed by atoms with E-state index in [1.165, 1.54) is 32.3 Å². The monoisotopic (exact) mass is 1130 g/mol. The van der Waals surface area contributed by atoms with Crippen LogP contribution in [-0.2, 0) is 0 Å². The number of para-hydroxylation sites is 3. The third kappa shape index (κ3) is 15.3. The zero-order valence-electron chi connectivity index (χ0n) is 36.4. The molecule has 11 aromatic rings. The number of fused-ring (bicyclic) bond motifs is 3. The maximum Gasteiger partial charge on any atom is 0.0468 e. The van der Waals surface area contributed by atoms with Gasteiger partial charge >= 0.3 is 0 Å². The summed E-state index contributed by atoms with van der Waals surface area (Å²) < 4.78 is 4.44. The van der Waals surface area contributed by atoms with E-state index in [9.17, 15) is 0 Å². The summed E-state index contributed by atoms with van der Waals surface area (Å²) in [7, 11) is 0. The van der Waals surface area contributed by atoms with E-state index >= 15 is 0 Å². The number of halogens is 4. The second kappa shape index (κ2) is 25.4. The van der Waals surface area contributed by atoms with Crippen molar-refractivity contribution in [1.29, 1.82) is 0 Å². The lowest BCUT2D eigenvalue weighted by Gasteiger charge is -2.25. The van der Waals surface area contributed by atoms with Crippen LogP contribution in [0.2, 0.25) is 0 Å². The van der Waals surface area contributed by atoms with Gasteiger partial charge in [-0.3, -0.25) is 0 Å². The Morgan fingerprint density at radius 2 is 0.627 bits per heavy atom. The van der Waals surface area contributed by atoms with Crippen LogP contribution in [0, 0.1) is 0 Å². The van der Waals surface area contributed by atoms with Gasteiger partial charge in [0.05, 0.1) is 0 Å². The first kappa shape index (κ1) is 48.5. The molecule has 0 spiro atoms. The van der Waals surface area contributed by atoms with Gasteiger partial charge in [0, 0.05) is 52.0 Å². The topological polar surface area (TPSA) is 41.3 Å². The lowest BCUT2D eigenvalue weighted by Crippen LogP contribution is -2.09. The second-order valence-electron chi connectivity index (χ2n) is 15.1. The van der Waals surface area contributed by atoms with Crippen LogP contribution in [-0.4, -0.2) is 0 Å². The second-order valence-corrected chi connectivity index (χ2v) is 18.7. The highest BCUT2D eigenvalue weighted by atomic mass is 79.9. The fourth-order valence-corrected chi connectivity index (χ4v) is 8.10. The molecule has 0 heterocycles. The highest BCUT2D eigenvalue weighted by Gasteiger charge is 2.12. The van der Waals surface area contributed by atoms with E-state index < -0.39 is 0 Å². The van der Waals surface area contributed by atoms with Crippen LogP contribution in [0.1, 0.15) is 0 Å². The molecule has 0 fully saturated rings. The molecule has 0 saturated carbocycles. The Morgan fingerprint density at radius 1 is 0.269 bits per heavy atom. The van der Waals surface area contributed by atoms with Gasteiger partial charge in [-0.2, -0.15) is 0 Å². The normalized spacial score (nSPS) is 10.1. The van der Waals surface area contributed by atoms with E-state index in [0.29, 0.717) is 0 Å². The Hall–Kier alpha value is -6.48. The van der Waals surface area contributed by atoms with Crippen molar-refractivity contribution in [3.8, 4) is 0 Å². The Bertz CT molecular complexity index is 3180. The Labute approximate surface area is 427 Å². The predicted octanol–water partition coefficient (Wildman–Crippen LogP) is 19.7. The van der Waals surface area contributed by atoms with Gasteiger partial charge in [0.2, 0.25) is 0 Å². The van der Waals surface area contributed by atoms with Crippen LogP contribution >= 0.6 is 63.7 Å². The maximum atomic E-state index is 5.36. The molecule has 0 aliphatic carbocycles. The van der Waals surface area contributed by atoms with Crippen molar-refractivity contribution in [2.45, 2.75) is 0 Å². The summed E-state index contributed by atoms with van der Waals surface area (Å²) in [5.41, 5.74) is 11.9. The highest BCUT2D eigenvalue weighted by Crippen LogP contribution is 2.36. The molecular formula is C60H47Br4N3. The van der Waals surface area contributed by atoms with Crippen molar-refractivity contribution >= 4 is 130 Å². The minimum atomic E-state index is 0.822. The van der Waals surface area contributed by atoms with Crippen molar-refractivity contribution in [3.05, 3.63) is 285 Å². The van der Waals surface area contributed by atoms with E-state index in [1.807, 2.05) is 78.9 Å². The average molecular weight is 1130 g/mol. The molecule has 0 saturated heterocycles. The van der Waals surface area contributed by atoms with Gasteiger partial charge in [-0.15, -0.1) is 0 Å². The third-order valence-electron chi connectivity index (χ3n) is 10.2. The number of hydrogen-bond donors (Lipinski definition) is 2. The number of anilines is 6. The molecule has 0 aliphatic rings. The van der Waals surface area contributed by atoms with E-state index in [0.717, 1.165) is 52.0 Å². The molecule has 3 N–H and O–H groups in total. The molecule has 0 unspecified atom stereocenters. The minimum Gasteiger partial charge on any atom is -0.399 e. The van der Waals surface area contributed by atoms with Crippen LogP contribution in [0.15, 0.2) is 285 Å². The molecule has 0 bridgehead atoms. The Kier molecular flexibility index (Phi) is 18.4. The fraction of sp³-hybridized carbons (Fsp3) is 0. The van der Waals surface area contributed by atoms with E-state index in [4.69, 9.17) is 5.73 Å². The number of nitrogens with one attached hydrogen (secondary N) is 1. The van der Waals surface area contributed by atoms with Crippen LogP contribution in [0.25, 0.3) is 32.3 Å². The molecule has 3 nitrogen and oxygen atoms in total. The van der Waals surface area contributed by atoms with Crippen LogP contribution in [0.3, 0.4) is 0 Å². The highest BCUT2D eigenvalue weighted by molar-refractivity contribution is 9.11. The fourth-order valence-electron chi connectivity index (χ4n) is 6.93.